The topological polar surface area (TPSA) is 49.4 Å². The van der Waals surface area contributed by atoms with Crippen LogP contribution in [0.4, 0.5) is 4.39 Å². The Balaban J connectivity index is 2.23. The van der Waals surface area contributed by atoms with Gasteiger partial charge in [-0.05, 0) is 63.1 Å². The maximum absolute atomic E-state index is 13.1. The minimum absolute atomic E-state index is 0.101. The molecule has 2 aromatic carbocycles. The summed E-state index contributed by atoms with van der Waals surface area (Å²) in [5, 5.41) is 2.93. The van der Waals surface area contributed by atoms with E-state index in [0.717, 1.165) is 10.0 Å². The summed E-state index contributed by atoms with van der Waals surface area (Å²) in [7, 11) is 0. The Morgan fingerprint density at radius 1 is 1.04 bits per heavy atom. The summed E-state index contributed by atoms with van der Waals surface area (Å²) >= 11 is 3.40. The minimum Gasteiger partial charge on any atom is -0.350 e. The number of halogens is 2. The van der Waals surface area contributed by atoms with E-state index in [-0.39, 0.29) is 24.1 Å². The van der Waals surface area contributed by atoms with E-state index in [9.17, 15) is 14.0 Å². The molecule has 0 aromatic heterocycles. The molecule has 0 radical (unpaired) electrons. The summed E-state index contributed by atoms with van der Waals surface area (Å²) in [5.41, 5.74) is 1.23. The molecule has 4 nitrogen and oxygen atoms in total. The van der Waals surface area contributed by atoms with Gasteiger partial charge in [0, 0.05) is 16.6 Å². The Bertz CT molecular complexity index is 814. The molecule has 0 spiro atoms. The van der Waals surface area contributed by atoms with Gasteiger partial charge in [-0.3, -0.25) is 9.59 Å². The molecule has 0 heterocycles. The molecule has 150 valence electrons. The first-order chi connectivity index (χ1) is 13.0. The quantitative estimate of drug-likeness (QED) is 0.708. The van der Waals surface area contributed by atoms with Crippen LogP contribution >= 0.6 is 15.9 Å². The van der Waals surface area contributed by atoms with Gasteiger partial charge in [-0.25, -0.2) is 4.39 Å². The van der Waals surface area contributed by atoms with Crippen LogP contribution in [0.1, 0.15) is 38.8 Å². The van der Waals surface area contributed by atoms with Crippen molar-refractivity contribution < 1.29 is 14.0 Å². The third-order valence-electron chi connectivity index (χ3n) is 4.20. The van der Waals surface area contributed by atoms with Crippen LogP contribution < -0.4 is 5.32 Å². The van der Waals surface area contributed by atoms with Gasteiger partial charge in [0.2, 0.25) is 11.8 Å². The van der Waals surface area contributed by atoms with Crippen molar-refractivity contribution in [3.63, 3.8) is 0 Å². The SMILES string of the molecule is CC(C(=O)NC(C)(C)C)N(Cc1ccc(Br)cc1)C(=O)Cc1ccc(F)cc1. The number of carbonyl (C=O) groups is 2. The van der Waals surface area contributed by atoms with E-state index in [1.807, 2.05) is 45.0 Å². The van der Waals surface area contributed by atoms with Crippen molar-refractivity contribution in [2.24, 2.45) is 0 Å². The molecule has 2 amide bonds. The molecule has 1 unspecified atom stereocenters. The largest absolute Gasteiger partial charge is 0.350 e. The van der Waals surface area contributed by atoms with Crippen LogP contribution in [0.2, 0.25) is 0 Å². The number of hydrogen-bond acceptors (Lipinski definition) is 2. The first kappa shape index (κ1) is 22.1. The molecule has 2 aromatic rings. The van der Waals surface area contributed by atoms with E-state index in [4.69, 9.17) is 0 Å². The van der Waals surface area contributed by atoms with Crippen LogP contribution in [0.25, 0.3) is 0 Å². The molecule has 28 heavy (non-hydrogen) atoms. The third kappa shape index (κ3) is 6.75. The van der Waals surface area contributed by atoms with Crippen LogP contribution in [0, 0.1) is 5.82 Å². The van der Waals surface area contributed by atoms with Gasteiger partial charge >= 0.3 is 0 Å². The van der Waals surface area contributed by atoms with E-state index in [0.29, 0.717) is 12.1 Å². The molecule has 0 aliphatic rings. The van der Waals surface area contributed by atoms with Crippen LogP contribution in [-0.4, -0.2) is 28.3 Å². The second-order valence-corrected chi connectivity index (χ2v) is 8.78. The molecule has 1 atom stereocenters. The first-order valence-corrected chi connectivity index (χ1v) is 9.95. The highest BCUT2D eigenvalue weighted by atomic mass is 79.9. The van der Waals surface area contributed by atoms with Crippen LogP contribution in [0.5, 0.6) is 0 Å². The molecule has 0 aliphatic carbocycles. The first-order valence-electron chi connectivity index (χ1n) is 9.15. The zero-order valence-corrected chi connectivity index (χ0v) is 18.2. The summed E-state index contributed by atoms with van der Waals surface area (Å²) in [6.07, 6.45) is 0.101. The van der Waals surface area contributed by atoms with E-state index in [2.05, 4.69) is 21.2 Å². The number of nitrogens with one attached hydrogen (secondary N) is 1. The molecular formula is C22H26BrFN2O2. The fraction of sp³-hybridized carbons (Fsp3) is 0.364. The summed E-state index contributed by atoms with van der Waals surface area (Å²) in [6, 6.07) is 12.8. The average molecular weight is 449 g/mol. The van der Waals surface area contributed by atoms with Crippen LogP contribution in [-0.2, 0) is 22.6 Å². The highest BCUT2D eigenvalue weighted by molar-refractivity contribution is 9.10. The van der Waals surface area contributed by atoms with Crippen molar-refractivity contribution in [1.29, 1.82) is 0 Å². The molecule has 1 N–H and O–H groups in total. The van der Waals surface area contributed by atoms with Crippen molar-refractivity contribution in [3.05, 3.63) is 69.9 Å². The van der Waals surface area contributed by atoms with Gasteiger partial charge in [-0.1, -0.05) is 40.2 Å². The van der Waals surface area contributed by atoms with E-state index in [1.54, 1.807) is 24.0 Å². The van der Waals surface area contributed by atoms with Crippen LogP contribution in [0.3, 0.4) is 0 Å². The molecular weight excluding hydrogens is 423 g/mol. The van der Waals surface area contributed by atoms with Crippen molar-refractivity contribution in [3.8, 4) is 0 Å². The zero-order chi connectivity index (χ0) is 20.9. The summed E-state index contributed by atoms with van der Waals surface area (Å²) in [4.78, 5) is 27.3. The molecule has 0 saturated heterocycles. The minimum atomic E-state index is -0.643. The van der Waals surface area contributed by atoms with Gasteiger partial charge in [0.25, 0.3) is 0 Å². The molecule has 2 rings (SSSR count). The lowest BCUT2D eigenvalue weighted by molar-refractivity contribution is -0.140. The van der Waals surface area contributed by atoms with Gasteiger partial charge in [-0.15, -0.1) is 0 Å². The molecule has 6 heteroatoms. The zero-order valence-electron chi connectivity index (χ0n) is 16.6. The fourth-order valence-corrected chi connectivity index (χ4v) is 2.99. The monoisotopic (exact) mass is 448 g/mol. The predicted octanol–water partition coefficient (Wildman–Crippen LogP) is 4.46. The summed E-state index contributed by atoms with van der Waals surface area (Å²) in [5.74, 6) is -0.746. The number of rotatable bonds is 6. The van der Waals surface area contributed by atoms with Crippen molar-refractivity contribution >= 4 is 27.7 Å². The number of hydrogen-bond donors (Lipinski definition) is 1. The van der Waals surface area contributed by atoms with E-state index in [1.165, 1.54) is 12.1 Å². The second kappa shape index (κ2) is 9.32. The van der Waals surface area contributed by atoms with Gasteiger partial charge in [0.05, 0.1) is 6.42 Å². The smallest absolute Gasteiger partial charge is 0.242 e. The van der Waals surface area contributed by atoms with Crippen molar-refractivity contribution in [2.75, 3.05) is 0 Å². The van der Waals surface area contributed by atoms with E-state index >= 15 is 0 Å². The van der Waals surface area contributed by atoms with Gasteiger partial charge < -0.3 is 10.2 Å². The van der Waals surface area contributed by atoms with Crippen molar-refractivity contribution in [2.45, 2.75) is 52.2 Å². The maximum Gasteiger partial charge on any atom is 0.242 e. The highest BCUT2D eigenvalue weighted by Crippen LogP contribution is 2.16. The Labute approximate surface area is 174 Å². The standard InChI is InChI=1S/C22H26BrFN2O2/c1-15(21(28)25-22(2,3)4)26(14-17-5-9-18(23)10-6-17)20(27)13-16-7-11-19(24)12-8-16/h5-12,15H,13-14H2,1-4H3,(H,25,28). The lowest BCUT2D eigenvalue weighted by atomic mass is 10.1. The fourth-order valence-electron chi connectivity index (χ4n) is 2.72. The Morgan fingerprint density at radius 3 is 2.11 bits per heavy atom. The molecule has 0 bridgehead atoms. The Hall–Kier alpha value is -2.21. The van der Waals surface area contributed by atoms with Gasteiger partial charge in [-0.2, -0.15) is 0 Å². The lowest BCUT2D eigenvalue weighted by Crippen LogP contribution is -2.52. The van der Waals surface area contributed by atoms with Crippen molar-refractivity contribution in [1.82, 2.24) is 10.2 Å². The molecule has 0 fully saturated rings. The van der Waals surface area contributed by atoms with Crippen LogP contribution in [0.15, 0.2) is 53.0 Å². The molecule has 0 aliphatic heterocycles. The highest BCUT2D eigenvalue weighted by Gasteiger charge is 2.28. The predicted molar refractivity (Wildman–Crippen MR) is 112 cm³/mol. The second-order valence-electron chi connectivity index (χ2n) is 7.87. The maximum atomic E-state index is 13.1. The third-order valence-corrected chi connectivity index (χ3v) is 4.73. The molecule has 0 saturated carbocycles. The number of benzene rings is 2. The van der Waals surface area contributed by atoms with Gasteiger partial charge in [0.15, 0.2) is 0 Å². The average Bonchev–Trinajstić information content (AvgIpc) is 2.61. The Kier molecular flexibility index (Phi) is 7.35. The number of amides is 2. The number of nitrogens with zero attached hydrogens (tertiary/aromatic N) is 1. The van der Waals surface area contributed by atoms with E-state index < -0.39 is 11.6 Å². The summed E-state index contributed by atoms with van der Waals surface area (Å²) in [6.45, 7) is 7.74. The Morgan fingerprint density at radius 2 is 1.57 bits per heavy atom. The van der Waals surface area contributed by atoms with Gasteiger partial charge in [0.1, 0.15) is 11.9 Å². The normalized spacial score (nSPS) is 12.4. The summed E-state index contributed by atoms with van der Waals surface area (Å²) < 4.78 is 14.1. The lowest BCUT2D eigenvalue weighted by Gasteiger charge is -2.31. The number of carbonyl (C=O) groups excluding carboxylic acids is 2.